The number of para-hydroxylation sites is 1. The van der Waals surface area contributed by atoms with E-state index in [-0.39, 0.29) is 0 Å². The highest BCUT2D eigenvalue weighted by Crippen LogP contribution is 2.45. The average Bonchev–Trinajstić information content (AvgIpc) is 3.23. The van der Waals surface area contributed by atoms with Crippen molar-refractivity contribution in [1.29, 1.82) is 0 Å². The minimum absolute atomic E-state index is 0.350. The number of aryl methyl sites for hydroxylation is 1. The maximum absolute atomic E-state index is 13.6. The van der Waals surface area contributed by atoms with Gasteiger partial charge in [-0.1, -0.05) is 36.3 Å². The standard InChI is InChI=1S/C29H39N3O2/c1-34-16-15-31-19-22(25-8-2-3-10-27(25)31)11-12-28(33)32-14-6-7-21-17-23-18-24(29(21)32)20-30-13-5-4-9-26(23)30/h2-3,8,10,17,19,23-24,26,29H,4-7,9,11-16,18,20H2,1H3/t23?,24?,26-,29-/m1/s1. The molecule has 6 rings (SSSR count). The predicted octanol–water partition coefficient (Wildman–Crippen LogP) is 4.64. The van der Waals surface area contributed by atoms with Crippen LogP contribution in [0.4, 0.5) is 0 Å². The third-order valence-corrected chi connectivity index (χ3v) is 8.99. The van der Waals surface area contributed by atoms with E-state index in [0.717, 1.165) is 37.9 Å². The number of hydrogen-bond acceptors (Lipinski definition) is 3. The van der Waals surface area contributed by atoms with Gasteiger partial charge in [-0.2, -0.15) is 0 Å². The van der Waals surface area contributed by atoms with Crippen LogP contribution in [0.5, 0.6) is 0 Å². The van der Waals surface area contributed by atoms with Crippen LogP contribution in [0.25, 0.3) is 10.9 Å². The normalized spacial score (nSPS) is 29.0. The number of carbonyl (C=O) groups excluding carboxylic acids is 1. The summed E-state index contributed by atoms with van der Waals surface area (Å²) in [6.45, 7) is 4.92. The second-order valence-corrected chi connectivity index (χ2v) is 11.0. The third-order valence-electron chi connectivity index (χ3n) is 8.99. The number of nitrogens with zero attached hydrogens (tertiary/aromatic N) is 3. The van der Waals surface area contributed by atoms with Crippen LogP contribution >= 0.6 is 0 Å². The van der Waals surface area contributed by atoms with Crippen LogP contribution in [0.3, 0.4) is 0 Å². The second-order valence-electron chi connectivity index (χ2n) is 11.0. The molecule has 0 radical (unpaired) electrons. The van der Waals surface area contributed by atoms with E-state index in [1.165, 1.54) is 61.7 Å². The van der Waals surface area contributed by atoms with Crippen LogP contribution in [0.1, 0.15) is 50.5 Å². The maximum Gasteiger partial charge on any atom is 0.223 e. The summed E-state index contributed by atoms with van der Waals surface area (Å²) >= 11 is 0. The van der Waals surface area contributed by atoms with E-state index in [9.17, 15) is 4.79 Å². The molecule has 34 heavy (non-hydrogen) atoms. The lowest BCUT2D eigenvalue weighted by atomic mass is 9.68. The molecular weight excluding hydrogens is 422 g/mol. The molecule has 2 bridgehead atoms. The highest BCUT2D eigenvalue weighted by Gasteiger charge is 2.46. The molecule has 1 aromatic carbocycles. The number of methoxy groups -OCH3 is 1. The lowest BCUT2D eigenvalue weighted by molar-refractivity contribution is -0.136. The summed E-state index contributed by atoms with van der Waals surface area (Å²) in [7, 11) is 1.75. The number of likely N-dealkylation sites (tertiary alicyclic amines) is 1. The summed E-state index contributed by atoms with van der Waals surface area (Å²) in [6.07, 6.45) is 14.0. The lowest BCUT2D eigenvalue weighted by Gasteiger charge is -2.54. The molecule has 2 unspecified atom stereocenters. The van der Waals surface area contributed by atoms with Crippen LogP contribution in [-0.2, 0) is 22.5 Å². The molecule has 5 nitrogen and oxygen atoms in total. The van der Waals surface area contributed by atoms with E-state index in [4.69, 9.17) is 4.74 Å². The summed E-state index contributed by atoms with van der Waals surface area (Å²) < 4.78 is 7.58. The molecule has 3 aliphatic heterocycles. The van der Waals surface area contributed by atoms with Crippen molar-refractivity contribution in [3.05, 3.63) is 47.7 Å². The largest absolute Gasteiger partial charge is 0.383 e. The first-order valence-electron chi connectivity index (χ1n) is 13.5. The van der Waals surface area contributed by atoms with Gasteiger partial charge in [0.05, 0.1) is 12.6 Å². The first-order chi connectivity index (χ1) is 16.7. The maximum atomic E-state index is 13.6. The first kappa shape index (κ1) is 22.4. The van der Waals surface area contributed by atoms with Crippen molar-refractivity contribution in [3.63, 3.8) is 0 Å². The minimum Gasteiger partial charge on any atom is -0.383 e. The Labute approximate surface area is 203 Å². The zero-order valence-corrected chi connectivity index (χ0v) is 20.6. The monoisotopic (exact) mass is 461 g/mol. The minimum atomic E-state index is 0.350. The molecule has 182 valence electrons. The van der Waals surface area contributed by atoms with Crippen molar-refractivity contribution in [1.82, 2.24) is 14.4 Å². The van der Waals surface area contributed by atoms with E-state index in [1.807, 2.05) is 0 Å². The first-order valence-corrected chi connectivity index (χ1v) is 13.5. The van der Waals surface area contributed by atoms with Gasteiger partial charge in [0, 0.05) is 56.3 Å². The van der Waals surface area contributed by atoms with Gasteiger partial charge in [-0.25, -0.2) is 0 Å². The quantitative estimate of drug-likeness (QED) is 0.588. The molecule has 0 N–H and O–H groups in total. The van der Waals surface area contributed by atoms with E-state index in [0.29, 0.717) is 30.9 Å². The second kappa shape index (κ2) is 9.50. The van der Waals surface area contributed by atoms with Gasteiger partial charge in [0.15, 0.2) is 0 Å². The van der Waals surface area contributed by atoms with E-state index in [1.54, 1.807) is 12.7 Å². The van der Waals surface area contributed by atoms with Crippen LogP contribution in [0.15, 0.2) is 42.1 Å². The Balaban J connectivity index is 1.19. The molecule has 3 fully saturated rings. The molecule has 0 saturated carbocycles. The van der Waals surface area contributed by atoms with Crippen molar-refractivity contribution in [2.45, 2.75) is 70.0 Å². The Kier molecular flexibility index (Phi) is 6.25. The fourth-order valence-corrected chi connectivity index (χ4v) is 7.54. The highest BCUT2D eigenvalue weighted by atomic mass is 16.5. The SMILES string of the molecule is COCCn1cc(CCC(=O)N2CCCC3=CC4CC(CN5CCCC[C@H]45)[C@@H]32)c2ccccc21. The van der Waals surface area contributed by atoms with Crippen LogP contribution in [0, 0.1) is 11.8 Å². The molecule has 0 spiro atoms. The number of fused-ring (bicyclic) bond motifs is 7. The Morgan fingerprint density at radius 2 is 2.06 bits per heavy atom. The molecule has 1 amide bonds. The molecule has 1 aromatic heterocycles. The number of carbonyl (C=O) groups is 1. The topological polar surface area (TPSA) is 37.7 Å². The highest BCUT2D eigenvalue weighted by molar-refractivity contribution is 5.85. The Hall–Kier alpha value is -2.11. The summed E-state index contributed by atoms with van der Waals surface area (Å²) in [4.78, 5) is 18.7. The molecule has 4 aliphatic rings. The van der Waals surface area contributed by atoms with Gasteiger partial charge in [-0.05, 0) is 68.5 Å². The zero-order valence-electron chi connectivity index (χ0n) is 20.6. The van der Waals surface area contributed by atoms with Gasteiger partial charge in [-0.3, -0.25) is 9.69 Å². The number of aromatic nitrogens is 1. The van der Waals surface area contributed by atoms with Crippen molar-refractivity contribution >= 4 is 16.8 Å². The van der Waals surface area contributed by atoms with Gasteiger partial charge in [0.1, 0.15) is 0 Å². The van der Waals surface area contributed by atoms with Gasteiger partial charge in [0.25, 0.3) is 0 Å². The number of hydrogen-bond donors (Lipinski definition) is 0. The van der Waals surface area contributed by atoms with Crippen molar-refractivity contribution in [2.75, 3.05) is 33.4 Å². The smallest absolute Gasteiger partial charge is 0.223 e. The number of amides is 1. The van der Waals surface area contributed by atoms with Gasteiger partial charge in [0.2, 0.25) is 5.91 Å². The van der Waals surface area contributed by atoms with E-state index >= 15 is 0 Å². The molecular formula is C29H39N3O2. The Bertz CT molecular complexity index is 1070. The number of rotatable bonds is 6. The predicted molar refractivity (Wildman–Crippen MR) is 136 cm³/mol. The fraction of sp³-hybridized carbons (Fsp3) is 0.621. The number of ether oxygens (including phenoxy) is 1. The molecule has 5 heteroatoms. The molecule has 2 aromatic rings. The van der Waals surface area contributed by atoms with Crippen molar-refractivity contribution < 1.29 is 9.53 Å². The fourth-order valence-electron chi connectivity index (χ4n) is 7.54. The summed E-state index contributed by atoms with van der Waals surface area (Å²) in [5.74, 6) is 1.70. The van der Waals surface area contributed by atoms with Gasteiger partial charge >= 0.3 is 0 Å². The van der Waals surface area contributed by atoms with Crippen LogP contribution in [-0.4, -0.2) is 65.7 Å². The van der Waals surface area contributed by atoms with Crippen molar-refractivity contribution in [2.24, 2.45) is 11.8 Å². The average molecular weight is 462 g/mol. The molecule has 3 saturated heterocycles. The Morgan fingerprint density at radius 3 is 2.97 bits per heavy atom. The van der Waals surface area contributed by atoms with E-state index < -0.39 is 0 Å². The third kappa shape index (κ3) is 4.01. The zero-order chi connectivity index (χ0) is 23.1. The lowest BCUT2D eigenvalue weighted by Crippen LogP contribution is -2.60. The van der Waals surface area contributed by atoms with Crippen molar-refractivity contribution in [3.8, 4) is 0 Å². The Morgan fingerprint density at radius 1 is 1.15 bits per heavy atom. The van der Waals surface area contributed by atoms with Crippen LogP contribution < -0.4 is 0 Å². The molecule has 4 atom stereocenters. The summed E-state index contributed by atoms with van der Waals surface area (Å²) in [6, 6.07) is 9.68. The molecule has 4 heterocycles. The number of piperidine rings is 3. The van der Waals surface area contributed by atoms with Gasteiger partial charge in [-0.15, -0.1) is 0 Å². The summed E-state index contributed by atoms with van der Waals surface area (Å²) in [5, 5.41) is 1.27. The number of benzene rings is 1. The van der Waals surface area contributed by atoms with E-state index in [2.05, 4.69) is 50.9 Å². The molecule has 1 aliphatic carbocycles. The summed E-state index contributed by atoms with van der Waals surface area (Å²) in [5.41, 5.74) is 4.11. The van der Waals surface area contributed by atoms with Crippen LogP contribution in [0.2, 0.25) is 0 Å². The van der Waals surface area contributed by atoms with Gasteiger partial charge < -0.3 is 14.2 Å².